The first-order valence-corrected chi connectivity index (χ1v) is 7.49. The fourth-order valence-corrected chi connectivity index (χ4v) is 4.39. The molecule has 0 saturated heterocycles. The summed E-state index contributed by atoms with van der Waals surface area (Å²) in [4.78, 5) is 2.71. The molecule has 1 fully saturated rings. The zero-order valence-electron chi connectivity index (χ0n) is 11.5. The van der Waals surface area contributed by atoms with Crippen LogP contribution in [0.15, 0.2) is 48.6 Å². The van der Waals surface area contributed by atoms with Gasteiger partial charge in [-0.3, -0.25) is 4.90 Å². The van der Waals surface area contributed by atoms with Gasteiger partial charge in [0.25, 0.3) is 0 Å². The van der Waals surface area contributed by atoms with Crippen LogP contribution in [0.4, 0.5) is 0 Å². The van der Waals surface area contributed by atoms with E-state index in [1.54, 1.807) is 0 Å². The Bertz CT molecular complexity index is 517. The van der Waals surface area contributed by atoms with E-state index in [-0.39, 0.29) is 0 Å². The average molecular weight is 251 g/mol. The first-order valence-electron chi connectivity index (χ1n) is 7.49. The van der Waals surface area contributed by atoms with Crippen LogP contribution in [-0.2, 0) is 13.1 Å². The van der Waals surface area contributed by atoms with Crippen LogP contribution in [0.3, 0.4) is 0 Å². The standard InChI is InChI=1S/C18H21N/c1-13-10-14-6-4-5-9-17(14)18(13)19-11-15-7-2-3-8-16(15)12-19/h2-9,13-14,17-18H,10-12H2,1H3/t13-,14?,17?,18-/m0/s1. The second-order valence-corrected chi connectivity index (χ2v) is 6.39. The van der Waals surface area contributed by atoms with E-state index in [0.29, 0.717) is 0 Å². The molecule has 3 aliphatic rings. The maximum atomic E-state index is 2.71. The van der Waals surface area contributed by atoms with E-state index in [9.17, 15) is 0 Å². The normalized spacial score (nSPS) is 36.5. The number of benzene rings is 1. The lowest BCUT2D eigenvalue weighted by Gasteiger charge is -2.32. The molecule has 1 saturated carbocycles. The summed E-state index contributed by atoms with van der Waals surface area (Å²) in [7, 11) is 0. The Morgan fingerprint density at radius 3 is 2.42 bits per heavy atom. The highest BCUT2D eigenvalue weighted by Gasteiger charge is 2.43. The van der Waals surface area contributed by atoms with Gasteiger partial charge in [0.15, 0.2) is 0 Å². The molecule has 0 bridgehead atoms. The minimum atomic E-state index is 0.721. The summed E-state index contributed by atoms with van der Waals surface area (Å²) < 4.78 is 0. The molecule has 4 rings (SSSR count). The molecular weight excluding hydrogens is 230 g/mol. The van der Waals surface area contributed by atoms with E-state index in [1.807, 2.05) is 0 Å². The van der Waals surface area contributed by atoms with Crippen LogP contribution in [0.2, 0.25) is 0 Å². The van der Waals surface area contributed by atoms with Gasteiger partial charge in [0.05, 0.1) is 0 Å². The van der Waals surface area contributed by atoms with Crippen LogP contribution in [0.25, 0.3) is 0 Å². The van der Waals surface area contributed by atoms with Gasteiger partial charge < -0.3 is 0 Å². The van der Waals surface area contributed by atoms with Gasteiger partial charge in [0.1, 0.15) is 0 Å². The highest BCUT2D eigenvalue weighted by Crippen LogP contribution is 2.44. The second-order valence-electron chi connectivity index (χ2n) is 6.39. The predicted octanol–water partition coefficient (Wildman–Crippen LogP) is 3.77. The topological polar surface area (TPSA) is 3.24 Å². The number of rotatable bonds is 1. The first kappa shape index (κ1) is 11.5. The maximum Gasteiger partial charge on any atom is 0.0243 e. The van der Waals surface area contributed by atoms with E-state index in [0.717, 1.165) is 36.9 Å². The molecule has 0 N–H and O–H groups in total. The number of hydrogen-bond donors (Lipinski definition) is 0. The molecule has 19 heavy (non-hydrogen) atoms. The first-order chi connectivity index (χ1) is 9.33. The van der Waals surface area contributed by atoms with Gasteiger partial charge in [-0.1, -0.05) is 55.5 Å². The fourth-order valence-electron chi connectivity index (χ4n) is 4.39. The molecule has 1 aromatic carbocycles. The molecule has 2 aliphatic carbocycles. The largest absolute Gasteiger partial charge is 0.291 e. The quantitative estimate of drug-likeness (QED) is 0.734. The summed E-state index contributed by atoms with van der Waals surface area (Å²) in [6, 6.07) is 9.66. The third-order valence-electron chi connectivity index (χ3n) is 5.21. The fraction of sp³-hybridized carbons (Fsp3) is 0.444. The second kappa shape index (κ2) is 4.35. The molecule has 4 atom stereocenters. The Labute approximate surface area is 115 Å². The van der Waals surface area contributed by atoms with Crippen LogP contribution in [0.1, 0.15) is 24.5 Å². The van der Waals surface area contributed by atoms with Gasteiger partial charge in [-0.15, -0.1) is 0 Å². The number of allylic oxidation sites excluding steroid dienone is 3. The summed E-state index contributed by atoms with van der Waals surface area (Å²) in [6.07, 6.45) is 10.7. The van der Waals surface area contributed by atoms with Crippen LogP contribution >= 0.6 is 0 Å². The Morgan fingerprint density at radius 2 is 1.68 bits per heavy atom. The lowest BCUT2D eigenvalue weighted by molar-refractivity contribution is 0.142. The van der Waals surface area contributed by atoms with Crippen molar-refractivity contribution in [3.05, 3.63) is 59.7 Å². The van der Waals surface area contributed by atoms with Crippen molar-refractivity contribution in [2.45, 2.75) is 32.5 Å². The monoisotopic (exact) mass is 251 g/mol. The molecule has 0 amide bonds. The zero-order chi connectivity index (χ0) is 12.8. The Balaban J connectivity index is 1.61. The molecule has 1 heterocycles. The predicted molar refractivity (Wildman–Crippen MR) is 78.5 cm³/mol. The van der Waals surface area contributed by atoms with Crippen molar-refractivity contribution in [1.82, 2.24) is 4.90 Å². The lowest BCUT2D eigenvalue weighted by Crippen LogP contribution is -2.38. The van der Waals surface area contributed by atoms with Gasteiger partial charge in [-0.05, 0) is 35.3 Å². The molecule has 1 heteroatoms. The summed E-state index contributed by atoms with van der Waals surface area (Å²) in [5.41, 5.74) is 3.07. The highest BCUT2D eigenvalue weighted by atomic mass is 15.2. The van der Waals surface area contributed by atoms with Gasteiger partial charge >= 0.3 is 0 Å². The Morgan fingerprint density at radius 1 is 1.00 bits per heavy atom. The van der Waals surface area contributed by atoms with Crippen molar-refractivity contribution in [1.29, 1.82) is 0 Å². The van der Waals surface area contributed by atoms with Gasteiger partial charge in [0, 0.05) is 19.1 Å². The third-order valence-corrected chi connectivity index (χ3v) is 5.21. The van der Waals surface area contributed by atoms with E-state index in [2.05, 4.69) is 60.4 Å². The van der Waals surface area contributed by atoms with E-state index in [4.69, 9.17) is 0 Å². The Hall–Kier alpha value is -1.34. The average Bonchev–Trinajstić information content (AvgIpc) is 2.97. The molecule has 1 aliphatic heterocycles. The smallest absolute Gasteiger partial charge is 0.0243 e. The number of hydrogen-bond acceptors (Lipinski definition) is 1. The molecular formula is C18H21N. The summed E-state index contributed by atoms with van der Waals surface area (Å²) in [5.74, 6) is 2.31. The van der Waals surface area contributed by atoms with Gasteiger partial charge in [-0.2, -0.15) is 0 Å². The molecule has 0 spiro atoms. The SMILES string of the molecule is C[C@H]1CC2C=CC=CC2[C@H]1N1Cc2ccccc2C1. The van der Waals surface area contributed by atoms with Crippen molar-refractivity contribution >= 4 is 0 Å². The van der Waals surface area contributed by atoms with E-state index >= 15 is 0 Å². The Kier molecular flexibility index (Phi) is 2.63. The summed E-state index contributed by atoms with van der Waals surface area (Å²) in [5, 5.41) is 0. The van der Waals surface area contributed by atoms with Crippen molar-refractivity contribution in [2.24, 2.45) is 17.8 Å². The summed E-state index contributed by atoms with van der Waals surface area (Å²) >= 11 is 0. The zero-order valence-corrected chi connectivity index (χ0v) is 11.5. The molecule has 1 aromatic rings. The van der Waals surface area contributed by atoms with Crippen LogP contribution < -0.4 is 0 Å². The third kappa shape index (κ3) is 1.80. The maximum absolute atomic E-state index is 2.71. The molecule has 2 unspecified atom stereocenters. The van der Waals surface area contributed by atoms with E-state index < -0.39 is 0 Å². The van der Waals surface area contributed by atoms with Crippen molar-refractivity contribution in [3.8, 4) is 0 Å². The molecule has 1 nitrogen and oxygen atoms in total. The van der Waals surface area contributed by atoms with Crippen LogP contribution in [0.5, 0.6) is 0 Å². The van der Waals surface area contributed by atoms with Crippen molar-refractivity contribution < 1.29 is 0 Å². The molecule has 0 radical (unpaired) electrons. The van der Waals surface area contributed by atoms with Crippen molar-refractivity contribution in [3.63, 3.8) is 0 Å². The summed E-state index contributed by atoms with van der Waals surface area (Å²) in [6.45, 7) is 4.73. The number of nitrogens with zero attached hydrogens (tertiary/aromatic N) is 1. The van der Waals surface area contributed by atoms with Gasteiger partial charge in [-0.25, -0.2) is 0 Å². The van der Waals surface area contributed by atoms with Crippen LogP contribution in [0, 0.1) is 17.8 Å². The lowest BCUT2D eigenvalue weighted by atomic mass is 9.89. The molecule has 98 valence electrons. The van der Waals surface area contributed by atoms with Crippen LogP contribution in [-0.4, -0.2) is 10.9 Å². The minimum Gasteiger partial charge on any atom is -0.291 e. The minimum absolute atomic E-state index is 0.721. The van der Waals surface area contributed by atoms with Crippen molar-refractivity contribution in [2.75, 3.05) is 0 Å². The number of fused-ring (bicyclic) bond motifs is 2. The molecule has 0 aromatic heterocycles. The van der Waals surface area contributed by atoms with E-state index in [1.165, 1.54) is 17.5 Å². The highest BCUT2D eigenvalue weighted by molar-refractivity contribution is 5.31. The van der Waals surface area contributed by atoms with Gasteiger partial charge in [0.2, 0.25) is 0 Å².